The SMILES string of the molecule is CCc1ccnc(NC(=O)NC2CCCCC2)c1. The van der Waals surface area contributed by atoms with Crippen molar-refractivity contribution in [1.82, 2.24) is 10.3 Å². The van der Waals surface area contributed by atoms with Gasteiger partial charge in [0.2, 0.25) is 0 Å². The zero-order valence-electron chi connectivity index (χ0n) is 10.9. The van der Waals surface area contributed by atoms with Crippen LogP contribution in [0.5, 0.6) is 0 Å². The van der Waals surface area contributed by atoms with Crippen LogP contribution in [0.25, 0.3) is 0 Å². The van der Waals surface area contributed by atoms with E-state index in [4.69, 9.17) is 0 Å². The van der Waals surface area contributed by atoms with Gasteiger partial charge >= 0.3 is 6.03 Å². The molecule has 0 radical (unpaired) electrons. The quantitative estimate of drug-likeness (QED) is 0.862. The fraction of sp³-hybridized carbons (Fsp3) is 0.571. The van der Waals surface area contributed by atoms with Crippen LogP contribution in [0.4, 0.5) is 10.6 Å². The molecule has 1 heterocycles. The number of carbonyl (C=O) groups is 1. The Bertz CT molecular complexity index is 400. The van der Waals surface area contributed by atoms with Crippen molar-refractivity contribution in [2.24, 2.45) is 0 Å². The minimum atomic E-state index is -0.136. The van der Waals surface area contributed by atoms with Crippen molar-refractivity contribution in [3.05, 3.63) is 23.9 Å². The Labute approximate surface area is 108 Å². The van der Waals surface area contributed by atoms with E-state index in [9.17, 15) is 4.79 Å². The molecule has 4 nitrogen and oxygen atoms in total. The summed E-state index contributed by atoms with van der Waals surface area (Å²) in [4.78, 5) is 16.0. The number of nitrogens with zero attached hydrogens (tertiary/aromatic N) is 1. The fourth-order valence-corrected chi connectivity index (χ4v) is 2.35. The molecule has 2 rings (SSSR count). The van der Waals surface area contributed by atoms with Gasteiger partial charge in [-0.2, -0.15) is 0 Å². The fourth-order valence-electron chi connectivity index (χ4n) is 2.35. The van der Waals surface area contributed by atoms with Gasteiger partial charge in [0.1, 0.15) is 5.82 Å². The molecule has 0 saturated heterocycles. The molecule has 2 amide bonds. The molecule has 1 aromatic heterocycles. The molecule has 4 heteroatoms. The third-order valence-electron chi connectivity index (χ3n) is 3.41. The number of pyridine rings is 1. The topological polar surface area (TPSA) is 54.0 Å². The molecular weight excluding hydrogens is 226 g/mol. The van der Waals surface area contributed by atoms with E-state index < -0.39 is 0 Å². The molecule has 1 aliphatic carbocycles. The normalized spacial score (nSPS) is 16.3. The van der Waals surface area contributed by atoms with Gasteiger partial charge in [-0.15, -0.1) is 0 Å². The first-order chi connectivity index (χ1) is 8.78. The smallest absolute Gasteiger partial charge is 0.320 e. The maximum Gasteiger partial charge on any atom is 0.320 e. The van der Waals surface area contributed by atoms with E-state index in [2.05, 4.69) is 22.5 Å². The summed E-state index contributed by atoms with van der Waals surface area (Å²) in [5.74, 6) is 0.627. The van der Waals surface area contributed by atoms with Crippen LogP contribution in [0.15, 0.2) is 18.3 Å². The number of aryl methyl sites for hydroxylation is 1. The maximum absolute atomic E-state index is 11.8. The molecule has 18 heavy (non-hydrogen) atoms. The lowest BCUT2D eigenvalue weighted by atomic mass is 9.96. The van der Waals surface area contributed by atoms with Crippen LogP contribution in [0.3, 0.4) is 0 Å². The highest BCUT2D eigenvalue weighted by Gasteiger charge is 2.15. The van der Waals surface area contributed by atoms with Crippen molar-refractivity contribution >= 4 is 11.8 Å². The molecule has 98 valence electrons. The van der Waals surface area contributed by atoms with E-state index in [0.717, 1.165) is 19.3 Å². The van der Waals surface area contributed by atoms with Gasteiger partial charge in [0.25, 0.3) is 0 Å². The second-order valence-corrected chi connectivity index (χ2v) is 4.84. The highest BCUT2D eigenvalue weighted by Crippen LogP contribution is 2.17. The van der Waals surface area contributed by atoms with E-state index in [-0.39, 0.29) is 6.03 Å². The second-order valence-electron chi connectivity index (χ2n) is 4.84. The number of nitrogens with one attached hydrogen (secondary N) is 2. The van der Waals surface area contributed by atoms with Crippen LogP contribution in [0.2, 0.25) is 0 Å². The van der Waals surface area contributed by atoms with E-state index in [1.165, 1.54) is 24.8 Å². The lowest BCUT2D eigenvalue weighted by Gasteiger charge is -2.22. The summed E-state index contributed by atoms with van der Waals surface area (Å²) in [7, 11) is 0. The van der Waals surface area contributed by atoms with Crippen LogP contribution in [-0.4, -0.2) is 17.1 Å². The molecule has 0 spiro atoms. The Balaban J connectivity index is 1.85. The number of hydrogen-bond acceptors (Lipinski definition) is 2. The summed E-state index contributed by atoms with van der Waals surface area (Å²) in [5.41, 5.74) is 1.18. The minimum Gasteiger partial charge on any atom is -0.335 e. The number of hydrogen-bond donors (Lipinski definition) is 2. The lowest BCUT2D eigenvalue weighted by molar-refractivity contribution is 0.244. The van der Waals surface area contributed by atoms with Gasteiger partial charge in [0.15, 0.2) is 0 Å². The van der Waals surface area contributed by atoms with Crippen LogP contribution < -0.4 is 10.6 Å². The van der Waals surface area contributed by atoms with Crippen molar-refractivity contribution in [3.63, 3.8) is 0 Å². The third-order valence-corrected chi connectivity index (χ3v) is 3.41. The highest BCUT2D eigenvalue weighted by molar-refractivity contribution is 5.88. The van der Waals surface area contributed by atoms with Crippen molar-refractivity contribution in [1.29, 1.82) is 0 Å². The zero-order valence-corrected chi connectivity index (χ0v) is 10.9. The van der Waals surface area contributed by atoms with Gasteiger partial charge in [0, 0.05) is 12.2 Å². The monoisotopic (exact) mass is 247 g/mol. The van der Waals surface area contributed by atoms with Crippen LogP contribution in [0, 0.1) is 0 Å². The predicted octanol–water partition coefficient (Wildman–Crippen LogP) is 3.10. The molecule has 1 aromatic rings. The summed E-state index contributed by atoms with van der Waals surface area (Å²) in [6.45, 7) is 2.08. The molecular formula is C14H21N3O. The Morgan fingerprint density at radius 2 is 2.17 bits per heavy atom. The van der Waals surface area contributed by atoms with Gasteiger partial charge in [-0.3, -0.25) is 5.32 Å². The molecule has 0 aliphatic heterocycles. The molecule has 0 aromatic carbocycles. The second kappa shape index (κ2) is 6.38. The van der Waals surface area contributed by atoms with Crippen LogP contribution in [-0.2, 0) is 6.42 Å². The predicted molar refractivity (Wildman–Crippen MR) is 72.6 cm³/mol. The van der Waals surface area contributed by atoms with E-state index in [0.29, 0.717) is 11.9 Å². The summed E-state index contributed by atoms with van der Waals surface area (Å²) in [6, 6.07) is 4.07. The lowest BCUT2D eigenvalue weighted by Crippen LogP contribution is -2.39. The number of anilines is 1. The van der Waals surface area contributed by atoms with Crippen molar-refractivity contribution < 1.29 is 4.79 Å². The van der Waals surface area contributed by atoms with Crippen molar-refractivity contribution in [2.75, 3.05) is 5.32 Å². The van der Waals surface area contributed by atoms with Crippen LogP contribution >= 0.6 is 0 Å². The first kappa shape index (κ1) is 12.9. The number of aromatic nitrogens is 1. The Morgan fingerprint density at radius 3 is 2.89 bits per heavy atom. The average Bonchev–Trinajstić information content (AvgIpc) is 2.40. The summed E-state index contributed by atoms with van der Waals surface area (Å²) in [6.07, 6.45) is 8.59. The highest BCUT2D eigenvalue weighted by atomic mass is 16.2. The number of urea groups is 1. The largest absolute Gasteiger partial charge is 0.335 e. The third kappa shape index (κ3) is 3.72. The number of carbonyl (C=O) groups excluding carboxylic acids is 1. The molecule has 0 atom stereocenters. The molecule has 2 N–H and O–H groups in total. The molecule has 0 unspecified atom stereocenters. The van der Waals surface area contributed by atoms with Gasteiger partial charge in [-0.1, -0.05) is 26.2 Å². The van der Waals surface area contributed by atoms with Gasteiger partial charge in [-0.05, 0) is 37.0 Å². The number of amides is 2. The Kier molecular flexibility index (Phi) is 4.56. The van der Waals surface area contributed by atoms with E-state index in [1.807, 2.05) is 12.1 Å². The first-order valence-corrected chi connectivity index (χ1v) is 6.80. The Morgan fingerprint density at radius 1 is 1.39 bits per heavy atom. The summed E-state index contributed by atoms with van der Waals surface area (Å²) < 4.78 is 0. The molecule has 1 saturated carbocycles. The number of rotatable bonds is 3. The average molecular weight is 247 g/mol. The molecule has 0 bridgehead atoms. The molecule has 1 fully saturated rings. The summed E-state index contributed by atoms with van der Waals surface area (Å²) in [5, 5.41) is 5.82. The van der Waals surface area contributed by atoms with Crippen LogP contribution in [0.1, 0.15) is 44.6 Å². The van der Waals surface area contributed by atoms with Crippen molar-refractivity contribution in [3.8, 4) is 0 Å². The van der Waals surface area contributed by atoms with E-state index in [1.54, 1.807) is 6.20 Å². The van der Waals surface area contributed by atoms with Gasteiger partial charge in [-0.25, -0.2) is 9.78 Å². The van der Waals surface area contributed by atoms with E-state index >= 15 is 0 Å². The maximum atomic E-state index is 11.8. The van der Waals surface area contributed by atoms with Gasteiger partial charge < -0.3 is 5.32 Å². The Hall–Kier alpha value is -1.58. The van der Waals surface area contributed by atoms with Crippen molar-refractivity contribution in [2.45, 2.75) is 51.5 Å². The zero-order chi connectivity index (χ0) is 12.8. The first-order valence-electron chi connectivity index (χ1n) is 6.80. The van der Waals surface area contributed by atoms with Gasteiger partial charge in [0.05, 0.1) is 0 Å². The summed E-state index contributed by atoms with van der Waals surface area (Å²) >= 11 is 0. The standard InChI is InChI=1S/C14H21N3O/c1-2-11-8-9-15-13(10-11)17-14(18)16-12-6-4-3-5-7-12/h8-10,12H,2-7H2,1H3,(H2,15,16,17,18). The minimum absolute atomic E-state index is 0.136. The molecule has 1 aliphatic rings.